The molecule has 4 aromatic carbocycles. The number of aliphatic carboxylic acids is 1. The maximum atomic E-state index is 10.8. The average Bonchev–Trinajstić information content (AvgIpc) is 3.37. The Labute approximate surface area is 236 Å². The molecule has 1 aromatic heterocycles. The van der Waals surface area contributed by atoms with Gasteiger partial charge in [0.15, 0.2) is 0 Å². The molecule has 2 N–H and O–H groups in total. The molecular weight excluding hydrogens is 533 g/mol. The number of carboxylic acid groups (broad SMARTS) is 1. The third-order valence-corrected chi connectivity index (χ3v) is 7.10. The number of ether oxygens (including phenoxy) is 1. The Bertz CT molecular complexity index is 1630. The molecule has 5 aromatic rings. The molecule has 0 spiro atoms. The minimum atomic E-state index is -0.830. The molecule has 0 amide bonds. The first-order chi connectivity index (χ1) is 18.8. The molecule has 1 atom stereocenters. The number of hydrogen-bond acceptors (Lipinski definition) is 4. The second-order valence-corrected chi connectivity index (χ2v) is 10.2. The lowest BCUT2D eigenvalue weighted by molar-refractivity contribution is -0.136. The molecule has 0 fully saturated rings. The van der Waals surface area contributed by atoms with Gasteiger partial charge in [-0.2, -0.15) is 5.10 Å². The van der Waals surface area contributed by atoms with Crippen LogP contribution in [0, 0.1) is 0 Å². The SMILES string of the molecule is COc1ccc2cc(-c3cc(-c4cc(Cl)cc(Cl)c4)nn3C(C)c3ccc(NCCC(=O)O)cc3)ccc2c1. The van der Waals surface area contributed by atoms with Crippen molar-refractivity contribution in [3.8, 4) is 28.3 Å². The van der Waals surface area contributed by atoms with Gasteiger partial charge < -0.3 is 15.2 Å². The van der Waals surface area contributed by atoms with E-state index in [9.17, 15) is 4.79 Å². The Kier molecular flexibility index (Phi) is 7.77. The van der Waals surface area contributed by atoms with Crippen molar-refractivity contribution >= 4 is 45.6 Å². The first-order valence-electron chi connectivity index (χ1n) is 12.5. The zero-order valence-corrected chi connectivity index (χ0v) is 23.0. The number of hydrogen-bond donors (Lipinski definition) is 2. The van der Waals surface area contributed by atoms with Crippen molar-refractivity contribution in [3.05, 3.63) is 101 Å². The van der Waals surface area contributed by atoms with Crippen LogP contribution in [0.4, 0.5) is 5.69 Å². The van der Waals surface area contributed by atoms with E-state index in [1.165, 1.54) is 0 Å². The molecule has 0 saturated heterocycles. The van der Waals surface area contributed by atoms with Crippen molar-refractivity contribution in [1.29, 1.82) is 0 Å². The number of methoxy groups -OCH3 is 1. The van der Waals surface area contributed by atoms with Crippen LogP contribution in [0.1, 0.15) is 24.9 Å². The number of carboxylic acids is 1. The summed E-state index contributed by atoms with van der Waals surface area (Å²) < 4.78 is 7.40. The van der Waals surface area contributed by atoms with E-state index in [1.807, 2.05) is 53.2 Å². The average molecular weight is 560 g/mol. The highest BCUT2D eigenvalue weighted by atomic mass is 35.5. The number of nitrogens with one attached hydrogen (secondary N) is 1. The Morgan fingerprint density at radius 2 is 1.62 bits per heavy atom. The summed E-state index contributed by atoms with van der Waals surface area (Å²) in [7, 11) is 1.66. The van der Waals surface area contributed by atoms with Crippen molar-refractivity contribution in [3.63, 3.8) is 0 Å². The fourth-order valence-electron chi connectivity index (χ4n) is 4.59. The molecule has 0 aliphatic rings. The van der Waals surface area contributed by atoms with Gasteiger partial charge in [0, 0.05) is 33.4 Å². The number of rotatable bonds is 9. The number of fused-ring (bicyclic) bond motifs is 1. The van der Waals surface area contributed by atoms with Crippen LogP contribution in [-0.4, -0.2) is 34.5 Å². The molecule has 0 aliphatic carbocycles. The maximum absolute atomic E-state index is 10.8. The van der Waals surface area contributed by atoms with Crippen LogP contribution in [0.15, 0.2) is 84.9 Å². The Morgan fingerprint density at radius 3 is 2.31 bits per heavy atom. The minimum Gasteiger partial charge on any atom is -0.497 e. The zero-order chi connectivity index (χ0) is 27.5. The van der Waals surface area contributed by atoms with Crippen LogP contribution in [-0.2, 0) is 4.79 Å². The van der Waals surface area contributed by atoms with E-state index in [0.29, 0.717) is 16.6 Å². The van der Waals surface area contributed by atoms with E-state index in [-0.39, 0.29) is 12.5 Å². The Morgan fingerprint density at radius 1 is 0.923 bits per heavy atom. The van der Waals surface area contributed by atoms with Crippen molar-refractivity contribution in [2.45, 2.75) is 19.4 Å². The summed E-state index contributed by atoms with van der Waals surface area (Å²) in [5, 5.41) is 20.3. The summed E-state index contributed by atoms with van der Waals surface area (Å²) in [5.74, 6) is -0.0153. The summed E-state index contributed by atoms with van der Waals surface area (Å²) in [6.45, 7) is 2.47. The Hall–Kier alpha value is -4.00. The fraction of sp³-hybridized carbons (Fsp3) is 0.161. The normalized spacial score (nSPS) is 11.9. The summed E-state index contributed by atoms with van der Waals surface area (Å²) in [5.41, 5.74) is 5.51. The van der Waals surface area contributed by atoms with Crippen LogP contribution in [0.25, 0.3) is 33.3 Å². The predicted octanol–water partition coefficient (Wildman–Crippen LogP) is 8.18. The molecule has 6 nitrogen and oxygen atoms in total. The van der Waals surface area contributed by atoms with Crippen molar-refractivity contribution < 1.29 is 14.6 Å². The van der Waals surface area contributed by atoms with Gasteiger partial charge in [0.1, 0.15) is 5.75 Å². The molecule has 198 valence electrons. The highest BCUT2D eigenvalue weighted by Gasteiger charge is 2.19. The molecule has 8 heteroatoms. The van der Waals surface area contributed by atoms with E-state index in [1.54, 1.807) is 13.2 Å². The van der Waals surface area contributed by atoms with Gasteiger partial charge in [-0.3, -0.25) is 9.48 Å². The minimum absolute atomic E-state index is 0.0592. The first-order valence-corrected chi connectivity index (χ1v) is 13.3. The third kappa shape index (κ3) is 6.03. The molecule has 5 rings (SSSR count). The number of halogens is 2. The Balaban J connectivity index is 1.55. The molecule has 0 radical (unpaired) electrons. The van der Waals surface area contributed by atoms with E-state index >= 15 is 0 Å². The van der Waals surface area contributed by atoms with Gasteiger partial charge in [-0.25, -0.2) is 0 Å². The van der Waals surface area contributed by atoms with Crippen LogP contribution in [0.2, 0.25) is 10.0 Å². The lowest BCUT2D eigenvalue weighted by Gasteiger charge is -2.17. The monoisotopic (exact) mass is 559 g/mol. The van der Waals surface area contributed by atoms with Crippen molar-refractivity contribution in [2.24, 2.45) is 0 Å². The molecule has 1 heterocycles. The van der Waals surface area contributed by atoms with Crippen molar-refractivity contribution in [1.82, 2.24) is 9.78 Å². The summed E-state index contributed by atoms with van der Waals surface area (Å²) in [6.07, 6.45) is 0.0592. The number of nitrogens with zero attached hydrogens (tertiary/aromatic N) is 2. The molecule has 1 unspecified atom stereocenters. The molecular formula is C31H27Cl2N3O3. The number of aromatic nitrogens is 2. The molecule has 0 saturated carbocycles. The fourth-order valence-corrected chi connectivity index (χ4v) is 5.12. The topological polar surface area (TPSA) is 76.4 Å². The van der Waals surface area contributed by atoms with E-state index in [4.69, 9.17) is 38.1 Å². The lowest BCUT2D eigenvalue weighted by atomic mass is 10.0. The lowest BCUT2D eigenvalue weighted by Crippen LogP contribution is -2.11. The quantitative estimate of drug-likeness (QED) is 0.190. The largest absolute Gasteiger partial charge is 0.497 e. The molecule has 0 aliphatic heterocycles. The second kappa shape index (κ2) is 11.4. The standard InChI is InChI=1S/C31H27Cl2N3O3/c1-19(20-5-8-27(9-6-20)34-12-11-31(37)38)36-30(18-29(35-36)24-14-25(32)17-26(33)15-24)23-4-3-22-16-28(39-2)10-7-21(22)13-23/h3-10,13-19,34H,11-12H2,1-2H3,(H,37,38). The van der Waals surface area contributed by atoms with Gasteiger partial charge in [0.2, 0.25) is 0 Å². The van der Waals surface area contributed by atoms with E-state index in [0.717, 1.165) is 50.3 Å². The van der Waals surface area contributed by atoms with Gasteiger partial charge in [0.25, 0.3) is 0 Å². The van der Waals surface area contributed by atoms with Gasteiger partial charge in [-0.15, -0.1) is 0 Å². The zero-order valence-electron chi connectivity index (χ0n) is 21.5. The van der Waals surface area contributed by atoms with Gasteiger partial charge in [-0.1, -0.05) is 53.5 Å². The first kappa shape index (κ1) is 26.6. The highest BCUT2D eigenvalue weighted by Crippen LogP contribution is 2.35. The van der Waals surface area contributed by atoms with Gasteiger partial charge >= 0.3 is 5.97 Å². The third-order valence-electron chi connectivity index (χ3n) is 6.67. The van der Waals surface area contributed by atoms with Crippen LogP contribution in [0.3, 0.4) is 0 Å². The highest BCUT2D eigenvalue weighted by molar-refractivity contribution is 6.35. The molecule has 0 bridgehead atoms. The summed E-state index contributed by atoms with van der Waals surface area (Å²) in [6, 6.07) is 27.7. The van der Waals surface area contributed by atoms with Gasteiger partial charge in [0.05, 0.1) is 31.0 Å². The van der Waals surface area contributed by atoms with Gasteiger partial charge in [-0.05, 0) is 77.9 Å². The molecule has 39 heavy (non-hydrogen) atoms. The van der Waals surface area contributed by atoms with Crippen molar-refractivity contribution in [2.75, 3.05) is 19.0 Å². The predicted molar refractivity (Wildman–Crippen MR) is 158 cm³/mol. The maximum Gasteiger partial charge on any atom is 0.305 e. The summed E-state index contributed by atoms with van der Waals surface area (Å²) >= 11 is 12.6. The van der Waals surface area contributed by atoms with Crippen LogP contribution < -0.4 is 10.1 Å². The number of benzene rings is 4. The van der Waals surface area contributed by atoms with Crippen LogP contribution in [0.5, 0.6) is 5.75 Å². The number of carbonyl (C=O) groups is 1. The summed E-state index contributed by atoms with van der Waals surface area (Å²) in [4.78, 5) is 10.8. The number of anilines is 1. The second-order valence-electron chi connectivity index (χ2n) is 9.31. The smallest absolute Gasteiger partial charge is 0.305 e. The van der Waals surface area contributed by atoms with E-state index in [2.05, 4.69) is 42.6 Å². The van der Waals surface area contributed by atoms with Crippen LogP contribution >= 0.6 is 23.2 Å². The van der Waals surface area contributed by atoms with E-state index < -0.39 is 5.97 Å².